The summed E-state index contributed by atoms with van der Waals surface area (Å²) >= 11 is 0. The van der Waals surface area contributed by atoms with E-state index in [1.165, 1.54) is 47.5 Å². The molecule has 10 aromatic rings. The first kappa shape index (κ1) is 41.3. The minimum Gasteiger partial charge on any atom is -0.436 e. The van der Waals surface area contributed by atoms with Crippen LogP contribution < -0.4 is 21.1 Å². The number of nitrogens with zero attached hydrogens (tertiary/aromatic N) is 4. The maximum atomic E-state index is 14.1. The van der Waals surface area contributed by atoms with E-state index in [1.54, 1.807) is 12.1 Å². The lowest BCUT2D eigenvalue weighted by atomic mass is 10.1. The van der Waals surface area contributed by atoms with Crippen molar-refractivity contribution >= 4 is 76.7 Å². The van der Waals surface area contributed by atoms with Crippen LogP contribution in [0.2, 0.25) is 0 Å². The van der Waals surface area contributed by atoms with E-state index in [1.807, 2.05) is 36.4 Å². The molecule has 12 nitrogen and oxygen atoms in total. The Kier molecular flexibility index (Phi) is 10.0. The van der Waals surface area contributed by atoms with Gasteiger partial charge in [-0.3, -0.25) is 0 Å². The van der Waals surface area contributed by atoms with Crippen LogP contribution in [-0.4, -0.2) is 31.5 Å². The van der Waals surface area contributed by atoms with Gasteiger partial charge in [-0.15, -0.1) is 0 Å². The number of aromatic nitrogens is 2. The fourth-order valence-corrected chi connectivity index (χ4v) is 9.85. The molecule has 324 valence electrons. The summed E-state index contributed by atoms with van der Waals surface area (Å²) < 4.78 is 51.7. The van der Waals surface area contributed by atoms with Gasteiger partial charge in [0.1, 0.15) is 33.3 Å². The van der Waals surface area contributed by atoms with Gasteiger partial charge >= 0.3 is 11.3 Å². The van der Waals surface area contributed by atoms with Crippen molar-refractivity contribution in [2.75, 3.05) is 22.9 Å². The fraction of sp³-hybridized carbons (Fsp3) is 0.154. The molecule has 4 aromatic heterocycles. The highest BCUT2D eigenvalue weighted by molar-refractivity contribution is 7.91. The zero-order valence-electron chi connectivity index (χ0n) is 36.4. The molecule has 0 aliphatic heterocycles. The fourth-order valence-electron chi connectivity index (χ4n) is 8.55. The highest BCUT2D eigenvalue weighted by Crippen LogP contribution is 2.36. The molecule has 0 amide bonds. The summed E-state index contributed by atoms with van der Waals surface area (Å²) in [7, 11) is -4.12. The standard InChI is InChI=1S/C52H42N4O8S/c1-7-55(43-17-9-29(3)21-31(43)5)35-13-11-33-23-39(51(57)63-47(33)25-35)49-53-41-27-37(15-19-45(41)61-49)65(59,60)38-16-20-46-42(28-38)54-50(62-46)40-24-34-12-14-36(26-48(34)64-52(40)58)56(8-2)44-18-10-30(4)22-32(44)6/h9-28H,7-8H2,1-6H3. The molecule has 0 aliphatic rings. The Morgan fingerprint density at radius 3 is 1.31 bits per heavy atom. The van der Waals surface area contributed by atoms with Crippen molar-refractivity contribution in [2.24, 2.45) is 0 Å². The number of sulfone groups is 1. The lowest BCUT2D eigenvalue weighted by molar-refractivity contribution is 0.553. The Bertz CT molecular complexity index is 3550. The maximum absolute atomic E-state index is 14.1. The molecule has 0 spiro atoms. The molecule has 6 aromatic carbocycles. The van der Waals surface area contributed by atoms with Gasteiger partial charge in [-0.25, -0.2) is 28.0 Å². The van der Waals surface area contributed by atoms with Gasteiger partial charge < -0.3 is 27.5 Å². The minimum atomic E-state index is -4.12. The second kappa shape index (κ2) is 15.8. The van der Waals surface area contributed by atoms with Crippen LogP contribution in [0.4, 0.5) is 22.7 Å². The van der Waals surface area contributed by atoms with E-state index in [-0.39, 0.29) is 54.9 Å². The molecular weight excluding hydrogens is 841 g/mol. The predicted octanol–water partition coefficient (Wildman–Crippen LogP) is 11.9. The van der Waals surface area contributed by atoms with Crippen molar-refractivity contribution in [3.8, 4) is 22.9 Å². The van der Waals surface area contributed by atoms with Gasteiger partial charge in [0.2, 0.25) is 21.6 Å². The molecule has 0 unspecified atom stereocenters. The van der Waals surface area contributed by atoms with Crippen molar-refractivity contribution in [1.82, 2.24) is 9.97 Å². The third-order valence-electron chi connectivity index (χ3n) is 11.8. The highest BCUT2D eigenvalue weighted by Gasteiger charge is 2.24. The molecule has 13 heteroatoms. The Morgan fingerprint density at radius 2 is 0.908 bits per heavy atom. The molecule has 65 heavy (non-hydrogen) atoms. The smallest absolute Gasteiger partial charge is 0.349 e. The molecule has 0 aliphatic carbocycles. The van der Waals surface area contributed by atoms with Gasteiger partial charge in [0.25, 0.3) is 0 Å². The average molecular weight is 883 g/mol. The molecule has 0 radical (unpaired) electrons. The Labute approximate surface area is 372 Å². The van der Waals surface area contributed by atoms with Crippen molar-refractivity contribution < 1.29 is 26.1 Å². The topological polar surface area (TPSA) is 153 Å². The van der Waals surface area contributed by atoms with Crippen LogP contribution in [0.3, 0.4) is 0 Å². The molecule has 10 rings (SSSR count). The Morgan fingerprint density at radius 1 is 0.477 bits per heavy atom. The van der Waals surface area contributed by atoms with Crippen molar-refractivity contribution in [3.63, 3.8) is 0 Å². The van der Waals surface area contributed by atoms with E-state index < -0.39 is 21.1 Å². The quantitative estimate of drug-likeness (QED) is 0.120. The number of benzene rings is 6. The van der Waals surface area contributed by atoms with E-state index >= 15 is 0 Å². The van der Waals surface area contributed by atoms with E-state index in [0.29, 0.717) is 35.0 Å². The number of hydrogen-bond donors (Lipinski definition) is 0. The van der Waals surface area contributed by atoms with Gasteiger partial charge in [-0.05, 0) is 138 Å². The lowest BCUT2D eigenvalue weighted by Gasteiger charge is -2.25. The monoisotopic (exact) mass is 882 g/mol. The normalized spacial score (nSPS) is 11.9. The number of oxazole rings is 2. The molecule has 0 atom stereocenters. The van der Waals surface area contributed by atoms with Crippen LogP contribution in [0.1, 0.15) is 36.1 Å². The Hall–Kier alpha value is -7.77. The predicted molar refractivity (Wildman–Crippen MR) is 254 cm³/mol. The molecule has 0 fully saturated rings. The molecule has 4 heterocycles. The summed E-state index contributed by atoms with van der Waals surface area (Å²) in [5.41, 5.74) is 9.25. The number of anilines is 4. The van der Waals surface area contributed by atoms with Gasteiger partial charge in [-0.2, -0.15) is 0 Å². The second-order valence-electron chi connectivity index (χ2n) is 16.2. The number of fused-ring (bicyclic) bond motifs is 4. The zero-order valence-corrected chi connectivity index (χ0v) is 37.2. The second-order valence-corrected chi connectivity index (χ2v) is 18.2. The molecule has 0 N–H and O–H groups in total. The first-order valence-electron chi connectivity index (χ1n) is 21.2. The number of hydrogen-bond acceptors (Lipinski definition) is 12. The van der Waals surface area contributed by atoms with Crippen LogP contribution in [0.5, 0.6) is 0 Å². The van der Waals surface area contributed by atoms with Gasteiger partial charge in [-0.1, -0.05) is 35.4 Å². The van der Waals surface area contributed by atoms with Crippen LogP contribution in [0.25, 0.3) is 67.0 Å². The van der Waals surface area contributed by atoms with E-state index in [9.17, 15) is 18.0 Å². The van der Waals surface area contributed by atoms with Crippen molar-refractivity contribution in [3.05, 3.63) is 164 Å². The Balaban J connectivity index is 0.919. The van der Waals surface area contributed by atoms with Crippen LogP contribution in [-0.2, 0) is 9.84 Å². The summed E-state index contributed by atoms with van der Waals surface area (Å²) in [6.07, 6.45) is 0. The van der Waals surface area contributed by atoms with Crippen molar-refractivity contribution in [1.29, 1.82) is 0 Å². The first-order valence-corrected chi connectivity index (χ1v) is 22.7. The van der Waals surface area contributed by atoms with Crippen LogP contribution >= 0.6 is 0 Å². The lowest BCUT2D eigenvalue weighted by Crippen LogP contribution is -2.17. The summed E-state index contributed by atoms with van der Waals surface area (Å²) in [6.45, 7) is 13.8. The molecular formula is C52H42N4O8S. The molecule has 0 bridgehead atoms. The maximum Gasteiger partial charge on any atom is 0.349 e. The summed E-state index contributed by atoms with van der Waals surface area (Å²) in [5.74, 6) is -0.00897. The minimum absolute atomic E-state index is 0.00448. The van der Waals surface area contributed by atoms with Crippen molar-refractivity contribution in [2.45, 2.75) is 51.3 Å². The number of aryl methyl sites for hydroxylation is 4. The first-order chi connectivity index (χ1) is 31.3. The summed E-state index contributed by atoms with van der Waals surface area (Å²) in [4.78, 5) is 40.1. The van der Waals surface area contributed by atoms with Crippen LogP contribution in [0, 0.1) is 27.7 Å². The third kappa shape index (κ3) is 7.33. The zero-order chi connectivity index (χ0) is 45.3. The van der Waals surface area contributed by atoms with Crippen LogP contribution in [0.15, 0.2) is 158 Å². The highest BCUT2D eigenvalue weighted by atomic mass is 32.2. The third-order valence-corrected chi connectivity index (χ3v) is 13.5. The van der Waals surface area contributed by atoms with E-state index in [2.05, 4.69) is 97.7 Å². The SMILES string of the molecule is CCN(c1ccc2cc(-c3nc4cc(S(=O)(=O)c5ccc6oc(-c7cc8ccc(N(CC)c9ccc(C)cc9C)cc8oc7=O)nc6c5)ccc4o3)c(=O)oc2c1)c1ccc(C)cc1C. The summed E-state index contributed by atoms with van der Waals surface area (Å²) in [5, 5.41) is 1.33. The largest absolute Gasteiger partial charge is 0.436 e. The van der Waals surface area contributed by atoms with E-state index in [0.717, 1.165) is 33.9 Å². The van der Waals surface area contributed by atoms with E-state index in [4.69, 9.17) is 17.7 Å². The van der Waals surface area contributed by atoms with Gasteiger partial charge in [0.05, 0.1) is 9.79 Å². The number of rotatable bonds is 10. The average Bonchev–Trinajstić information content (AvgIpc) is 3.92. The van der Waals surface area contributed by atoms with Gasteiger partial charge in [0, 0.05) is 58.7 Å². The molecule has 0 saturated carbocycles. The molecule has 0 saturated heterocycles. The van der Waals surface area contributed by atoms with Gasteiger partial charge in [0.15, 0.2) is 11.2 Å². The summed E-state index contributed by atoms with van der Waals surface area (Å²) in [6, 6.07) is 35.9.